The number of carbonyl (C=O) groups is 2. The van der Waals surface area contributed by atoms with Crippen LogP contribution in [0.3, 0.4) is 0 Å². The minimum absolute atomic E-state index is 0.0876. The van der Waals surface area contributed by atoms with Gasteiger partial charge in [0.2, 0.25) is 0 Å². The third kappa shape index (κ3) is 7.37. The highest BCUT2D eigenvalue weighted by molar-refractivity contribution is 5.94. The first-order chi connectivity index (χ1) is 14.4. The molecule has 0 radical (unpaired) electrons. The molecule has 0 aliphatic carbocycles. The van der Waals surface area contributed by atoms with Gasteiger partial charge in [-0.3, -0.25) is 4.79 Å². The molecule has 2 atom stereocenters. The lowest BCUT2D eigenvalue weighted by molar-refractivity contribution is -0.192. The van der Waals surface area contributed by atoms with Gasteiger partial charge in [0.05, 0.1) is 25.9 Å². The van der Waals surface area contributed by atoms with Crippen LogP contribution in [0.2, 0.25) is 0 Å². The standard InChI is InChI=1S/C18H26N2O4.C2HF3O2/c1-19(2)11-16-6-7-18(24-16)12-20(8-9-23-13-18)17(22)14-4-3-5-15(21)10-14;3-2(4,5)1(6)7/h3-5,10,16,21H,6-9,11-13H2,1-2H3;(H,6,7)/t16-,18+;/m0./s1. The molecule has 2 fully saturated rings. The van der Waals surface area contributed by atoms with E-state index >= 15 is 0 Å². The maximum absolute atomic E-state index is 12.8. The van der Waals surface area contributed by atoms with Crippen molar-refractivity contribution < 1.29 is 42.4 Å². The first-order valence-corrected chi connectivity index (χ1v) is 9.70. The lowest BCUT2D eigenvalue weighted by Crippen LogP contribution is -2.47. The van der Waals surface area contributed by atoms with E-state index in [0.29, 0.717) is 31.9 Å². The van der Waals surface area contributed by atoms with Crippen LogP contribution in [0, 0.1) is 0 Å². The molecule has 2 N–H and O–H groups in total. The van der Waals surface area contributed by atoms with Crippen LogP contribution in [0.15, 0.2) is 24.3 Å². The molecule has 2 aliphatic rings. The molecule has 1 amide bonds. The molecule has 0 aromatic heterocycles. The third-order valence-electron chi connectivity index (χ3n) is 4.88. The van der Waals surface area contributed by atoms with Crippen LogP contribution in [0.4, 0.5) is 13.2 Å². The van der Waals surface area contributed by atoms with Crippen molar-refractivity contribution in [2.75, 3.05) is 46.9 Å². The first-order valence-electron chi connectivity index (χ1n) is 9.70. The van der Waals surface area contributed by atoms with E-state index < -0.39 is 17.7 Å². The Kier molecular flexibility index (Phi) is 8.27. The molecular weight excluding hydrogens is 421 g/mol. The number of benzene rings is 1. The van der Waals surface area contributed by atoms with Crippen molar-refractivity contribution in [1.82, 2.24) is 9.80 Å². The largest absolute Gasteiger partial charge is 0.508 e. The number of halogens is 3. The van der Waals surface area contributed by atoms with Gasteiger partial charge in [-0.15, -0.1) is 0 Å². The summed E-state index contributed by atoms with van der Waals surface area (Å²) in [5.74, 6) is -2.74. The molecular formula is C20H27F3N2O6. The van der Waals surface area contributed by atoms with Crippen molar-refractivity contribution in [3.05, 3.63) is 29.8 Å². The van der Waals surface area contributed by atoms with Gasteiger partial charge < -0.3 is 29.5 Å². The molecule has 1 spiro atoms. The van der Waals surface area contributed by atoms with Gasteiger partial charge in [-0.05, 0) is 45.1 Å². The van der Waals surface area contributed by atoms with Crippen molar-refractivity contribution in [2.45, 2.75) is 30.7 Å². The molecule has 3 rings (SSSR count). The number of alkyl halides is 3. The summed E-state index contributed by atoms with van der Waals surface area (Å²) < 4.78 is 43.8. The smallest absolute Gasteiger partial charge is 0.490 e. The normalized spacial score (nSPS) is 23.9. The Morgan fingerprint density at radius 2 is 2.00 bits per heavy atom. The number of amides is 1. The number of ether oxygens (including phenoxy) is 2. The number of rotatable bonds is 3. The molecule has 0 unspecified atom stereocenters. The molecule has 1 aromatic rings. The summed E-state index contributed by atoms with van der Waals surface area (Å²) in [6, 6.07) is 6.48. The molecule has 31 heavy (non-hydrogen) atoms. The monoisotopic (exact) mass is 448 g/mol. The Morgan fingerprint density at radius 3 is 2.58 bits per heavy atom. The fourth-order valence-electron chi connectivity index (χ4n) is 3.55. The van der Waals surface area contributed by atoms with Gasteiger partial charge in [0.15, 0.2) is 0 Å². The van der Waals surface area contributed by atoms with Crippen LogP contribution >= 0.6 is 0 Å². The number of aromatic hydroxyl groups is 1. The molecule has 0 saturated carbocycles. The van der Waals surface area contributed by atoms with Crippen LogP contribution in [0.25, 0.3) is 0 Å². The summed E-state index contributed by atoms with van der Waals surface area (Å²) in [4.78, 5) is 25.6. The molecule has 0 bridgehead atoms. The van der Waals surface area contributed by atoms with Gasteiger partial charge in [-0.2, -0.15) is 13.2 Å². The van der Waals surface area contributed by atoms with Crippen LogP contribution in [0.1, 0.15) is 23.2 Å². The highest BCUT2D eigenvalue weighted by Crippen LogP contribution is 2.33. The van der Waals surface area contributed by atoms with Crippen molar-refractivity contribution in [3.8, 4) is 5.75 Å². The maximum atomic E-state index is 12.8. The number of carboxylic acid groups (broad SMARTS) is 1. The van der Waals surface area contributed by atoms with E-state index in [2.05, 4.69) is 4.90 Å². The predicted octanol–water partition coefficient (Wildman–Crippen LogP) is 1.98. The van der Waals surface area contributed by atoms with Crippen LogP contribution in [-0.2, 0) is 14.3 Å². The van der Waals surface area contributed by atoms with E-state index in [1.807, 2.05) is 14.1 Å². The second kappa shape index (κ2) is 10.3. The van der Waals surface area contributed by atoms with E-state index in [0.717, 1.165) is 19.4 Å². The fraction of sp³-hybridized carbons (Fsp3) is 0.600. The lowest BCUT2D eigenvalue weighted by Gasteiger charge is -2.32. The number of carboxylic acids is 1. The minimum Gasteiger partial charge on any atom is -0.508 e. The van der Waals surface area contributed by atoms with Crippen molar-refractivity contribution in [3.63, 3.8) is 0 Å². The highest BCUT2D eigenvalue weighted by atomic mass is 19.4. The van der Waals surface area contributed by atoms with E-state index in [1.165, 1.54) is 6.07 Å². The summed E-state index contributed by atoms with van der Waals surface area (Å²) in [5.41, 5.74) is 0.0822. The van der Waals surface area contributed by atoms with Crippen molar-refractivity contribution in [2.24, 2.45) is 0 Å². The number of nitrogens with zero attached hydrogens (tertiary/aromatic N) is 2. The number of phenolic OH excluding ortho intramolecular Hbond substituents is 1. The third-order valence-corrected chi connectivity index (χ3v) is 4.88. The van der Waals surface area contributed by atoms with Crippen molar-refractivity contribution >= 4 is 11.9 Å². The quantitative estimate of drug-likeness (QED) is 0.730. The zero-order valence-corrected chi connectivity index (χ0v) is 17.4. The van der Waals surface area contributed by atoms with Gasteiger partial charge in [0.25, 0.3) is 5.91 Å². The van der Waals surface area contributed by atoms with E-state index in [4.69, 9.17) is 19.4 Å². The molecule has 174 valence electrons. The van der Waals surface area contributed by atoms with Crippen molar-refractivity contribution in [1.29, 1.82) is 0 Å². The Labute approximate surface area is 178 Å². The SMILES string of the molecule is CN(C)C[C@@H]1CC[C@@]2(COCCN(C(=O)c3cccc(O)c3)C2)O1.O=C(O)C(F)(F)F. The lowest BCUT2D eigenvalue weighted by atomic mass is 9.99. The predicted molar refractivity (Wildman–Crippen MR) is 104 cm³/mol. The number of aliphatic carboxylic acids is 1. The summed E-state index contributed by atoms with van der Waals surface area (Å²) in [7, 11) is 4.07. The van der Waals surface area contributed by atoms with Crippen LogP contribution < -0.4 is 0 Å². The molecule has 2 saturated heterocycles. The second-order valence-electron chi connectivity index (χ2n) is 7.86. The number of phenols is 1. The van der Waals surface area contributed by atoms with Crippen LogP contribution in [0.5, 0.6) is 5.75 Å². The molecule has 1 aromatic carbocycles. The minimum atomic E-state index is -5.08. The summed E-state index contributed by atoms with van der Waals surface area (Å²) in [6.07, 6.45) is -3.02. The Bertz CT molecular complexity index is 774. The van der Waals surface area contributed by atoms with Crippen LogP contribution in [-0.4, -0.2) is 96.7 Å². The Hall–Kier alpha value is -2.37. The molecule has 2 heterocycles. The zero-order chi connectivity index (χ0) is 23.2. The van der Waals surface area contributed by atoms with Gasteiger partial charge in [-0.25, -0.2) is 4.79 Å². The van der Waals surface area contributed by atoms with Gasteiger partial charge in [0.1, 0.15) is 11.4 Å². The number of likely N-dealkylation sites (N-methyl/N-ethyl adjacent to an activating group) is 1. The topological polar surface area (TPSA) is 99.5 Å². The molecule has 8 nitrogen and oxygen atoms in total. The zero-order valence-electron chi connectivity index (χ0n) is 17.4. The average molecular weight is 448 g/mol. The van der Waals surface area contributed by atoms with Gasteiger partial charge >= 0.3 is 12.1 Å². The molecule has 2 aliphatic heterocycles. The fourth-order valence-corrected chi connectivity index (χ4v) is 3.55. The Balaban J connectivity index is 0.000000423. The van der Waals surface area contributed by atoms with E-state index in [1.54, 1.807) is 23.1 Å². The highest BCUT2D eigenvalue weighted by Gasteiger charge is 2.44. The van der Waals surface area contributed by atoms with E-state index in [-0.39, 0.29) is 17.8 Å². The maximum Gasteiger partial charge on any atom is 0.490 e. The Morgan fingerprint density at radius 1 is 1.32 bits per heavy atom. The first kappa shape index (κ1) is 24.9. The number of hydrogen-bond acceptors (Lipinski definition) is 6. The summed E-state index contributed by atoms with van der Waals surface area (Å²) in [6.45, 7) is 2.99. The van der Waals surface area contributed by atoms with Gasteiger partial charge in [0, 0.05) is 18.7 Å². The summed E-state index contributed by atoms with van der Waals surface area (Å²) >= 11 is 0. The second-order valence-corrected chi connectivity index (χ2v) is 7.86. The number of hydrogen-bond donors (Lipinski definition) is 2. The van der Waals surface area contributed by atoms with E-state index in [9.17, 15) is 23.1 Å². The molecule has 11 heteroatoms. The average Bonchev–Trinajstić information content (AvgIpc) is 2.92. The van der Waals surface area contributed by atoms with Gasteiger partial charge in [-0.1, -0.05) is 6.07 Å². The summed E-state index contributed by atoms with van der Waals surface area (Å²) in [5, 5.41) is 16.7. The number of carbonyl (C=O) groups excluding carboxylic acids is 1.